The molecule has 102 valence electrons. The third-order valence-corrected chi connectivity index (χ3v) is 3.51. The molecule has 3 nitrogen and oxygen atoms in total. The van der Waals surface area contributed by atoms with Crippen LogP contribution in [-0.4, -0.2) is 28.0 Å². The van der Waals surface area contributed by atoms with Crippen molar-refractivity contribution in [2.75, 3.05) is 0 Å². The van der Waals surface area contributed by atoms with Gasteiger partial charge in [0, 0.05) is 6.42 Å². The Balaban J connectivity index is 3.10. The van der Waals surface area contributed by atoms with Crippen molar-refractivity contribution in [3.05, 3.63) is 22.4 Å². The summed E-state index contributed by atoms with van der Waals surface area (Å²) in [6.07, 6.45) is -6.15. The number of carboxylic acids is 1. The van der Waals surface area contributed by atoms with Crippen molar-refractivity contribution >= 4 is 17.3 Å². The number of hydrogen-bond acceptors (Lipinski definition) is 3. The van der Waals surface area contributed by atoms with Crippen molar-refractivity contribution in [3.8, 4) is 0 Å². The molecule has 0 spiro atoms. The lowest BCUT2D eigenvalue weighted by atomic mass is 9.76. The predicted molar refractivity (Wildman–Crippen MR) is 60.6 cm³/mol. The average molecular weight is 282 g/mol. The minimum atomic E-state index is -5.22. The number of hydrogen-bond donors (Lipinski definition) is 2. The summed E-state index contributed by atoms with van der Waals surface area (Å²) in [7, 11) is 0. The number of carbonyl (C=O) groups is 1. The van der Waals surface area contributed by atoms with Crippen LogP contribution < -0.4 is 0 Å². The van der Waals surface area contributed by atoms with Crippen LogP contribution in [0.15, 0.2) is 16.8 Å². The Morgan fingerprint density at radius 1 is 1.39 bits per heavy atom. The van der Waals surface area contributed by atoms with E-state index in [9.17, 15) is 23.1 Å². The fourth-order valence-electron chi connectivity index (χ4n) is 1.69. The second-order valence-electron chi connectivity index (χ2n) is 4.74. The molecule has 7 heteroatoms. The summed E-state index contributed by atoms with van der Waals surface area (Å²) in [5.41, 5.74) is -4.27. The van der Waals surface area contributed by atoms with Gasteiger partial charge in [-0.3, -0.25) is 0 Å². The Kier molecular flexibility index (Phi) is 3.78. The molecule has 0 saturated heterocycles. The first-order valence-electron chi connectivity index (χ1n) is 5.06. The fraction of sp³-hybridized carbons (Fsp3) is 0.545. The molecule has 18 heavy (non-hydrogen) atoms. The van der Waals surface area contributed by atoms with Crippen molar-refractivity contribution in [1.29, 1.82) is 0 Å². The Bertz CT molecular complexity index is 425. The highest BCUT2D eigenvalue weighted by atomic mass is 32.1. The summed E-state index contributed by atoms with van der Waals surface area (Å²) in [5.74, 6) is -2.28. The van der Waals surface area contributed by atoms with Gasteiger partial charge in [-0.05, 0) is 27.8 Å². The molecule has 1 unspecified atom stereocenters. The first kappa shape index (κ1) is 15.0. The summed E-state index contributed by atoms with van der Waals surface area (Å²) in [5, 5.41) is 21.4. The van der Waals surface area contributed by atoms with E-state index < -0.39 is 29.6 Å². The highest BCUT2D eigenvalue weighted by Crippen LogP contribution is 2.41. The van der Waals surface area contributed by atoms with Gasteiger partial charge in [0.2, 0.25) is 0 Å². The Morgan fingerprint density at radius 2 is 1.94 bits per heavy atom. The maximum Gasteiger partial charge on any atom is 0.428 e. The zero-order valence-corrected chi connectivity index (χ0v) is 10.6. The average Bonchev–Trinajstić information content (AvgIpc) is 2.67. The molecule has 0 aromatic carbocycles. The molecule has 1 atom stereocenters. The molecular formula is C11H13F3O3S. The Hall–Kier alpha value is -1.08. The molecule has 1 rings (SSSR count). The minimum Gasteiger partial charge on any atom is -0.479 e. The Morgan fingerprint density at radius 3 is 2.28 bits per heavy atom. The third-order valence-electron chi connectivity index (χ3n) is 2.82. The van der Waals surface area contributed by atoms with Crippen LogP contribution in [0.3, 0.4) is 0 Å². The molecule has 2 N–H and O–H groups in total. The van der Waals surface area contributed by atoms with Crippen molar-refractivity contribution in [2.24, 2.45) is 0 Å². The predicted octanol–water partition coefficient (Wildman–Crippen LogP) is 2.79. The maximum absolute atomic E-state index is 12.7. The number of rotatable bonds is 4. The van der Waals surface area contributed by atoms with E-state index in [-0.39, 0.29) is 0 Å². The van der Waals surface area contributed by atoms with Gasteiger partial charge in [0.15, 0.2) is 0 Å². The van der Waals surface area contributed by atoms with Crippen molar-refractivity contribution in [3.63, 3.8) is 0 Å². The van der Waals surface area contributed by atoms with E-state index in [4.69, 9.17) is 5.11 Å². The standard InChI is InChI=1S/C11H13F3O3S/c1-9(2,7-3-4-18-5-7)6-10(17,8(15)16)11(12,13)14/h3-5,17H,6H2,1-2H3,(H,15,16). The second-order valence-corrected chi connectivity index (χ2v) is 5.52. The number of aliphatic hydroxyl groups is 1. The van der Waals surface area contributed by atoms with Crippen LogP contribution in [0.4, 0.5) is 13.2 Å². The van der Waals surface area contributed by atoms with Crippen LogP contribution in [0, 0.1) is 0 Å². The minimum absolute atomic E-state index is 0.566. The van der Waals surface area contributed by atoms with Gasteiger partial charge in [-0.1, -0.05) is 13.8 Å². The van der Waals surface area contributed by atoms with Gasteiger partial charge in [0.1, 0.15) is 0 Å². The first-order chi connectivity index (χ1) is 8.01. The van der Waals surface area contributed by atoms with Crippen molar-refractivity contribution in [1.82, 2.24) is 0 Å². The number of carboxylic acid groups (broad SMARTS) is 1. The van der Waals surface area contributed by atoms with Gasteiger partial charge in [0.05, 0.1) is 0 Å². The van der Waals surface area contributed by atoms with E-state index >= 15 is 0 Å². The van der Waals surface area contributed by atoms with Gasteiger partial charge in [-0.2, -0.15) is 24.5 Å². The van der Waals surface area contributed by atoms with Crippen LogP contribution >= 0.6 is 11.3 Å². The van der Waals surface area contributed by atoms with E-state index in [1.165, 1.54) is 25.2 Å². The molecule has 0 aliphatic carbocycles. The molecule has 0 aliphatic heterocycles. The van der Waals surface area contributed by atoms with E-state index in [2.05, 4.69) is 0 Å². The summed E-state index contributed by atoms with van der Waals surface area (Å²) in [4.78, 5) is 10.7. The molecule has 0 fully saturated rings. The normalized spacial score (nSPS) is 16.3. The number of halogens is 3. The number of thiophene rings is 1. The largest absolute Gasteiger partial charge is 0.479 e. The Labute approximate surface area is 106 Å². The number of alkyl halides is 3. The lowest BCUT2D eigenvalue weighted by Crippen LogP contribution is -2.55. The van der Waals surface area contributed by atoms with Gasteiger partial charge in [-0.25, -0.2) is 4.79 Å². The zero-order chi connectivity index (χ0) is 14.2. The monoisotopic (exact) mass is 282 g/mol. The fourth-order valence-corrected chi connectivity index (χ4v) is 2.54. The summed E-state index contributed by atoms with van der Waals surface area (Å²) in [6.45, 7) is 2.93. The van der Waals surface area contributed by atoms with Crippen molar-refractivity contribution in [2.45, 2.75) is 37.5 Å². The molecule has 0 radical (unpaired) electrons. The smallest absolute Gasteiger partial charge is 0.428 e. The van der Waals surface area contributed by atoms with Gasteiger partial charge in [0.25, 0.3) is 5.60 Å². The van der Waals surface area contributed by atoms with Crippen LogP contribution in [0.25, 0.3) is 0 Å². The first-order valence-corrected chi connectivity index (χ1v) is 6.00. The third kappa shape index (κ3) is 2.67. The molecule has 1 aromatic heterocycles. The highest BCUT2D eigenvalue weighted by Gasteiger charge is 2.61. The van der Waals surface area contributed by atoms with E-state index in [0.29, 0.717) is 5.56 Å². The molecule has 0 amide bonds. The molecule has 0 saturated carbocycles. The topological polar surface area (TPSA) is 57.5 Å². The van der Waals surface area contributed by atoms with Crippen LogP contribution in [-0.2, 0) is 10.2 Å². The van der Waals surface area contributed by atoms with Gasteiger partial charge < -0.3 is 10.2 Å². The van der Waals surface area contributed by atoms with Crippen LogP contribution in [0.2, 0.25) is 0 Å². The summed E-state index contributed by atoms with van der Waals surface area (Å²) < 4.78 is 38.1. The molecule has 0 aliphatic rings. The number of aliphatic carboxylic acids is 1. The van der Waals surface area contributed by atoms with Crippen molar-refractivity contribution < 1.29 is 28.2 Å². The SMILES string of the molecule is CC(C)(CC(O)(C(=O)O)C(F)(F)F)c1ccsc1. The van der Waals surface area contributed by atoms with Crippen LogP contribution in [0.5, 0.6) is 0 Å². The quantitative estimate of drug-likeness (QED) is 0.892. The van der Waals surface area contributed by atoms with E-state index in [0.717, 1.165) is 0 Å². The molecule has 1 heterocycles. The van der Waals surface area contributed by atoms with Gasteiger partial charge in [-0.15, -0.1) is 0 Å². The van der Waals surface area contributed by atoms with Gasteiger partial charge >= 0.3 is 12.1 Å². The highest BCUT2D eigenvalue weighted by molar-refractivity contribution is 7.08. The molecule has 0 bridgehead atoms. The van der Waals surface area contributed by atoms with E-state index in [1.807, 2.05) is 0 Å². The van der Waals surface area contributed by atoms with E-state index in [1.54, 1.807) is 16.8 Å². The zero-order valence-electron chi connectivity index (χ0n) is 9.78. The molecular weight excluding hydrogens is 269 g/mol. The maximum atomic E-state index is 12.7. The summed E-state index contributed by atoms with van der Waals surface area (Å²) >= 11 is 1.30. The molecule has 1 aromatic rings. The van der Waals surface area contributed by atoms with Crippen LogP contribution in [0.1, 0.15) is 25.8 Å². The second kappa shape index (κ2) is 4.55. The summed E-state index contributed by atoms with van der Waals surface area (Å²) in [6, 6.07) is 1.61. The lowest BCUT2D eigenvalue weighted by molar-refractivity contribution is -0.265. The lowest BCUT2D eigenvalue weighted by Gasteiger charge is -2.34.